The van der Waals surface area contributed by atoms with Crippen LogP contribution < -0.4 is 116 Å². The Morgan fingerprint density at radius 1 is 0.657 bits per heavy atom. The molecule has 0 aromatic heterocycles. The third kappa shape index (κ3) is 14.8. The van der Waals surface area contributed by atoms with Crippen LogP contribution in [0.15, 0.2) is 137 Å². The quantitative estimate of drug-likeness (QED) is 0.0212. The molecule has 7 N–H and O–H groups in total. The molecule has 0 fully saturated rings. The molecule has 67 heavy (non-hydrogen) atoms. The number of fused-ring (bicyclic) bond motifs is 1. The summed E-state index contributed by atoms with van der Waals surface area (Å²) < 4.78 is 111. The van der Waals surface area contributed by atoms with Gasteiger partial charge in [-0.25, -0.2) is 25.3 Å². The summed E-state index contributed by atoms with van der Waals surface area (Å²) in [6.07, 6.45) is 0.634. The van der Waals surface area contributed by atoms with Crippen molar-refractivity contribution in [2.24, 2.45) is 25.6 Å². The molecule has 6 rings (SSSR count). The van der Waals surface area contributed by atoms with E-state index in [0.29, 0.717) is 40.6 Å². The third-order valence-corrected chi connectivity index (χ3v) is 12.1. The molecule has 5 aromatic carbocycles. The molecule has 0 aliphatic heterocycles. The van der Waals surface area contributed by atoms with Crippen molar-refractivity contribution < 1.29 is 132 Å². The number of likely N-dealkylation sites (N-methyl/N-ethyl adjacent to an activating group) is 1. The largest absolute Gasteiger partial charge is 1.00 e. The Morgan fingerprint density at radius 2 is 1.27 bits per heavy atom. The summed E-state index contributed by atoms with van der Waals surface area (Å²) in [5.74, 6) is -1.25. The number of hydrazone groups is 1. The molecule has 0 saturated heterocycles. The van der Waals surface area contributed by atoms with E-state index in [-0.39, 0.29) is 100 Å². The van der Waals surface area contributed by atoms with Crippen molar-refractivity contribution in [1.29, 1.82) is 0 Å². The van der Waals surface area contributed by atoms with Crippen LogP contribution in [-0.4, -0.2) is 81.5 Å². The smallest absolute Gasteiger partial charge is 0.744 e. The van der Waals surface area contributed by atoms with Gasteiger partial charge in [0.05, 0.1) is 54.4 Å². The van der Waals surface area contributed by atoms with E-state index in [0.717, 1.165) is 37.9 Å². The second-order valence-electron chi connectivity index (χ2n) is 13.7. The number of carbonyl (C=O) groups is 1. The van der Waals surface area contributed by atoms with Gasteiger partial charge in [0.15, 0.2) is 0 Å². The predicted octanol–water partition coefficient (Wildman–Crippen LogP) is -2.45. The number of anilines is 6. The molecule has 0 heterocycles. The Hall–Kier alpha value is -3.93. The zero-order valence-corrected chi connectivity index (χ0v) is 45.2. The predicted molar refractivity (Wildman–Crippen MR) is 238 cm³/mol. The second kappa shape index (κ2) is 24.6. The van der Waals surface area contributed by atoms with Crippen molar-refractivity contribution in [2.75, 3.05) is 53.7 Å². The van der Waals surface area contributed by atoms with Gasteiger partial charge in [0.25, 0.3) is 0 Å². The molecule has 0 spiro atoms. The number of azo groups is 2. The van der Waals surface area contributed by atoms with E-state index in [9.17, 15) is 43.7 Å². The summed E-state index contributed by atoms with van der Waals surface area (Å²) in [7, 11) is -16.1. The maximum Gasteiger partial charge on any atom is 1.00 e. The van der Waals surface area contributed by atoms with Crippen molar-refractivity contribution >= 4 is 105 Å². The van der Waals surface area contributed by atoms with Gasteiger partial charge in [0.2, 0.25) is 5.78 Å². The van der Waals surface area contributed by atoms with Gasteiger partial charge in [0.1, 0.15) is 47.4 Å². The van der Waals surface area contributed by atoms with Crippen LogP contribution in [0.25, 0.3) is 6.08 Å². The van der Waals surface area contributed by atoms with E-state index in [1.54, 1.807) is 54.6 Å². The Balaban J connectivity index is 0.00000397. The average Bonchev–Trinajstić information content (AvgIpc) is 3.24. The van der Waals surface area contributed by atoms with E-state index < -0.39 is 79.0 Å². The Bertz CT molecular complexity index is 3090. The van der Waals surface area contributed by atoms with Crippen molar-refractivity contribution in [1.82, 2.24) is 4.90 Å². The van der Waals surface area contributed by atoms with Gasteiger partial charge in [-0.05, 0) is 104 Å². The molecule has 0 atom stereocenters. The number of nitrogens with one attached hydrogen (secondary N) is 3. The number of nitrogens with two attached hydrogens (primary N) is 2. The number of allylic oxidation sites excluding steroid dienone is 1. The van der Waals surface area contributed by atoms with Gasteiger partial charge in [0, 0.05) is 24.5 Å². The van der Waals surface area contributed by atoms with Crippen LogP contribution in [0, 0.1) is 0 Å². The minimum absolute atomic E-state index is 0. The summed E-state index contributed by atoms with van der Waals surface area (Å²) in [5, 5.41) is 26.0. The van der Waals surface area contributed by atoms with Crippen LogP contribution in [0.5, 0.6) is 0 Å². The van der Waals surface area contributed by atoms with E-state index in [1.165, 1.54) is 24.3 Å². The minimum atomic E-state index is -5.50. The van der Waals surface area contributed by atoms with Crippen molar-refractivity contribution in [2.45, 2.75) is 23.6 Å². The van der Waals surface area contributed by atoms with Crippen molar-refractivity contribution in [3.63, 3.8) is 0 Å². The van der Waals surface area contributed by atoms with Gasteiger partial charge >= 0.3 is 88.7 Å². The SMILES string of the molecule is CCN(CC)CCNc1ccc(N=Nc2ccc(Nc3ccc(N=Nc4c(S(=O)(=O)[O-])cc5c(c4N)C(=O)/C(=N/Nc4ccccc4)C(S(=O)(=O)[O-])=C5)cc3S(=O)(=O)[O-])cc2)c(N)c1.[Na+].[Na+].[Na+]. The Labute approximate surface area is 453 Å². The van der Waals surface area contributed by atoms with Crippen LogP contribution in [0.4, 0.5) is 56.9 Å². The molecule has 0 radical (unpaired) electrons. The number of hydrogen-bond acceptors (Lipinski definition) is 21. The number of benzene rings is 5. The number of carbonyl (C=O) groups excluding carboxylic acids is 1. The molecule has 5 aromatic rings. The van der Waals surface area contributed by atoms with Crippen molar-refractivity contribution in [3.05, 3.63) is 113 Å². The first-order valence-corrected chi connectivity index (χ1v) is 23.2. The second-order valence-corrected chi connectivity index (χ2v) is 17.8. The summed E-state index contributed by atoms with van der Waals surface area (Å²) >= 11 is 0. The summed E-state index contributed by atoms with van der Waals surface area (Å²) in [5.41, 5.74) is 13.4. The first-order chi connectivity index (χ1) is 30.3. The maximum absolute atomic E-state index is 13.7. The minimum Gasteiger partial charge on any atom is -0.744 e. The average molecular weight is 998 g/mol. The fraction of sp³-hybridized carbons (Fsp3) is 0.150. The molecular formula is C40H38N11Na3O10S3. The van der Waals surface area contributed by atoms with Gasteiger partial charge in [-0.15, -0.1) is 10.2 Å². The molecule has 27 heteroatoms. The topological polar surface area (TPSA) is 342 Å². The molecule has 0 amide bonds. The van der Waals surface area contributed by atoms with E-state index in [2.05, 4.69) is 60.4 Å². The van der Waals surface area contributed by atoms with Gasteiger partial charge in [-0.1, -0.05) is 32.0 Å². The molecule has 1 aliphatic rings. The van der Waals surface area contributed by atoms with Crippen LogP contribution in [0.2, 0.25) is 0 Å². The fourth-order valence-electron chi connectivity index (χ4n) is 6.24. The van der Waals surface area contributed by atoms with Gasteiger partial charge < -0.3 is 40.7 Å². The number of rotatable bonds is 17. The first-order valence-electron chi connectivity index (χ1n) is 19.0. The van der Waals surface area contributed by atoms with E-state index >= 15 is 0 Å². The third-order valence-electron chi connectivity index (χ3n) is 9.50. The monoisotopic (exact) mass is 997 g/mol. The number of Topliss-reactive ketones (excluding diaryl/α,β-unsaturated/α-hetero) is 1. The number of nitrogen functional groups attached to an aromatic ring is 2. The summed E-state index contributed by atoms with van der Waals surface area (Å²) in [4.78, 5) is 12.9. The summed E-state index contributed by atoms with van der Waals surface area (Å²) in [6.45, 7) is 7.73. The van der Waals surface area contributed by atoms with E-state index in [4.69, 9.17) is 11.5 Å². The fourth-order valence-corrected chi connectivity index (χ4v) is 8.20. The van der Waals surface area contributed by atoms with Gasteiger partial charge in [-0.3, -0.25) is 10.2 Å². The number of hydrogen-bond donors (Lipinski definition) is 5. The molecule has 0 bridgehead atoms. The standard InChI is InChI=1S/C40H41N11O10S3.3Na/c1-3-51(4-2)19-18-43-28-14-16-31(30(41)22-28)48-45-27-12-10-25(11-13-27)44-32-17-15-29(23-33(32)62(53,54)55)47-49-38-34(63(56,57)58)20-24-21-35(64(59,60)61)39(40(52)36(24)37(38)42)50-46-26-8-6-5-7-9-26;;;/h5-17,20-23,43-44,46H,3-4,18-19,41-42H2,1-2H3,(H,53,54,55)(H,56,57,58)(H,59,60,61);;;/q;3*+1/p-3/b48-45?,49-47?,50-39+;;;. The van der Waals surface area contributed by atoms with Crippen molar-refractivity contribution in [3.8, 4) is 0 Å². The zero-order chi connectivity index (χ0) is 46.4. The maximum atomic E-state index is 13.7. The Morgan fingerprint density at radius 3 is 1.87 bits per heavy atom. The molecular weight excluding hydrogens is 960 g/mol. The number of para-hydroxylation sites is 1. The molecule has 21 nitrogen and oxygen atoms in total. The molecule has 334 valence electrons. The van der Waals surface area contributed by atoms with E-state index in [1.807, 2.05) is 6.07 Å². The first kappa shape index (κ1) is 57.4. The summed E-state index contributed by atoms with van der Waals surface area (Å²) in [6, 6.07) is 23.2. The van der Waals surface area contributed by atoms with Crippen LogP contribution in [0.3, 0.4) is 0 Å². The molecule has 0 saturated carbocycles. The number of nitrogens with zero attached hydrogens (tertiary/aromatic N) is 6. The molecule has 0 unspecified atom stereocenters. The Kier molecular flexibility index (Phi) is 21.0. The van der Waals surface area contributed by atoms with Crippen LogP contribution in [-0.2, 0) is 30.4 Å². The number of ketones is 1. The zero-order valence-electron chi connectivity index (χ0n) is 36.8. The van der Waals surface area contributed by atoms with Crippen LogP contribution >= 0.6 is 0 Å². The van der Waals surface area contributed by atoms with Crippen LogP contribution in [0.1, 0.15) is 29.8 Å². The molecule has 1 aliphatic carbocycles. The normalized spacial score (nSPS) is 13.4. The van der Waals surface area contributed by atoms with Gasteiger partial charge in [-0.2, -0.15) is 15.3 Å².